The number of nitrogen functional groups attached to an aromatic ring is 1. The van der Waals surface area contributed by atoms with E-state index in [-0.39, 0.29) is 11.9 Å². The standard InChI is InChI=1S/C12H14N4O/c1-2-3-11(17)15-9-4-5-10-8(6-9)7-14-12(13)16-10/h4-7H,2-3H2,1H3,(H,15,17)(H2,13,14,16). The van der Waals surface area contributed by atoms with Gasteiger partial charge in [-0.1, -0.05) is 6.92 Å². The second-order valence-corrected chi connectivity index (χ2v) is 3.80. The highest BCUT2D eigenvalue weighted by atomic mass is 16.1. The van der Waals surface area contributed by atoms with Crippen molar-refractivity contribution in [1.29, 1.82) is 0 Å². The van der Waals surface area contributed by atoms with Gasteiger partial charge in [0, 0.05) is 23.7 Å². The smallest absolute Gasteiger partial charge is 0.224 e. The van der Waals surface area contributed by atoms with Gasteiger partial charge in [-0.2, -0.15) is 0 Å². The molecule has 1 aromatic heterocycles. The molecule has 17 heavy (non-hydrogen) atoms. The largest absolute Gasteiger partial charge is 0.368 e. The summed E-state index contributed by atoms with van der Waals surface area (Å²) < 4.78 is 0. The minimum absolute atomic E-state index is 0.0169. The second-order valence-electron chi connectivity index (χ2n) is 3.80. The van der Waals surface area contributed by atoms with Gasteiger partial charge in [0.05, 0.1) is 5.52 Å². The molecule has 1 heterocycles. The average molecular weight is 230 g/mol. The first-order valence-electron chi connectivity index (χ1n) is 5.51. The van der Waals surface area contributed by atoms with Gasteiger partial charge in [-0.05, 0) is 24.6 Å². The first-order chi connectivity index (χ1) is 8.19. The number of benzene rings is 1. The fourth-order valence-electron chi connectivity index (χ4n) is 1.58. The number of carbonyl (C=O) groups excluding carboxylic acids is 1. The normalized spacial score (nSPS) is 10.4. The maximum absolute atomic E-state index is 11.4. The Morgan fingerprint density at radius 1 is 1.47 bits per heavy atom. The van der Waals surface area contributed by atoms with Crippen LogP contribution in [-0.4, -0.2) is 15.9 Å². The van der Waals surface area contributed by atoms with E-state index in [1.54, 1.807) is 6.20 Å². The molecule has 0 unspecified atom stereocenters. The molecule has 0 aliphatic rings. The van der Waals surface area contributed by atoms with Crippen molar-refractivity contribution in [2.75, 3.05) is 11.1 Å². The van der Waals surface area contributed by atoms with Gasteiger partial charge in [0.15, 0.2) is 0 Å². The molecule has 1 aromatic carbocycles. The van der Waals surface area contributed by atoms with Crippen LogP contribution >= 0.6 is 0 Å². The number of aromatic nitrogens is 2. The minimum Gasteiger partial charge on any atom is -0.368 e. The summed E-state index contributed by atoms with van der Waals surface area (Å²) in [6.07, 6.45) is 3.00. The zero-order chi connectivity index (χ0) is 12.3. The van der Waals surface area contributed by atoms with Crippen molar-refractivity contribution >= 4 is 28.4 Å². The summed E-state index contributed by atoms with van der Waals surface area (Å²) in [6, 6.07) is 5.46. The maximum atomic E-state index is 11.4. The molecule has 88 valence electrons. The summed E-state index contributed by atoms with van der Waals surface area (Å²) in [5, 5.41) is 3.68. The molecule has 0 spiro atoms. The molecule has 1 amide bonds. The predicted molar refractivity (Wildman–Crippen MR) is 67.5 cm³/mol. The molecule has 0 aliphatic heterocycles. The number of nitrogens with zero attached hydrogens (tertiary/aromatic N) is 2. The predicted octanol–water partition coefficient (Wildman–Crippen LogP) is 1.95. The monoisotopic (exact) mass is 230 g/mol. The van der Waals surface area contributed by atoms with Crippen LogP contribution in [0.15, 0.2) is 24.4 Å². The Hall–Kier alpha value is -2.17. The van der Waals surface area contributed by atoms with Gasteiger partial charge in [-0.15, -0.1) is 0 Å². The number of amides is 1. The third-order valence-electron chi connectivity index (χ3n) is 2.36. The van der Waals surface area contributed by atoms with E-state index in [0.717, 1.165) is 23.0 Å². The SMILES string of the molecule is CCCC(=O)Nc1ccc2nc(N)ncc2c1. The topological polar surface area (TPSA) is 80.9 Å². The molecule has 0 atom stereocenters. The van der Waals surface area contributed by atoms with Gasteiger partial charge in [-0.3, -0.25) is 4.79 Å². The quantitative estimate of drug-likeness (QED) is 0.844. The van der Waals surface area contributed by atoms with Crippen LogP contribution in [-0.2, 0) is 4.79 Å². The molecule has 3 N–H and O–H groups in total. The fraction of sp³-hybridized carbons (Fsp3) is 0.250. The van der Waals surface area contributed by atoms with Gasteiger partial charge in [0.25, 0.3) is 0 Å². The number of carbonyl (C=O) groups is 1. The highest BCUT2D eigenvalue weighted by Gasteiger charge is 2.02. The van der Waals surface area contributed by atoms with Gasteiger partial charge < -0.3 is 11.1 Å². The van der Waals surface area contributed by atoms with E-state index in [1.807, 2.05) is 25.1 Å². The summed E-state index contributed by atoms with van der Waals surface area (Å²) >= 11 is 0. The summed E-state index contributed by atoms with van der Waals surface area (Å²) in [4.78, 5) is 19.4. The molecule has 0 radical (unpaired) electrons. The summed E-state index contributed by atoms with van der Waals surface area (Å²) in [5.41, 5.74) is 7.01. The van der Waals surface area contributed by atoms with Gasteiger partial charge in [-0.25, -0.2) is 9.97 Å². The highest BCUT2D eigenvalue weighted by molar-refractivity contribution is 5.93. The number of rotatable bonds is 3. The van der Waals surface area contributed by atoms with Crippen LogP contribution in [0.2, 0.25) is 0 Å². The zero-order valence-corrected chi connectivity index (χ0v) is 9.60. The van der Waals surface area contributed by atoms with Crippen LogP contribution in [0, 0.1) is 0 Å². The van der Waals surface area contributed by atoms with Crippen molar-refractivity contribution in [2.45, 2.75) is 19.8 Å². The van der Waals surface area contributed by atoms with Gasteiger partial charge in [0.1, 0.15) is 0 Å². The Morgan fingerprint density at radius 2 is 2.29 bits per heavy atom. The Morgan fingerprint density at radius 3 is 3.06 bits per heavy atom. The summed E-state index contributed by atoms with van der Waals surface area (Å²) in [7, 11) is 0. The van der Waals surface area contributed by atoms with Crippen molar-refractivity contribution in [2.24, 2.45) is 0 Å². The number of hydrogen-bond donors (Lipinski definition) is 2. The molecule has 0 saturated heterocycles. The third-order valence-corrected chi connectivity index (χ3v) is 2.36. The van der Waals surface area contributed by atoms with Crippen LogP contribution in [0.25, 0.3) is 10.9 Å². The summed E-state index contributed by atoms with van der Waals surface area (Å²) in [5.74, 6) is 0.267. The molecule has 0 bridgehead atoms. The van der Waals surface area contributed by atoms with E-state index >= 15 is 0 Å². The fourth-order valence-corrected chi connectivity index (χ4v) is 1.58. The molecule has 0 fully saturated rings. The molecule has 2 aromatic rings. The lowest BCUT2D eigenvalue weighted by molar-refractivity contribution is -0.116. The van der Waals surface area contributed by atoms with Gasteiger partial charge in [0.2, 0.25) is 11.9 Å². The van der Waals surface area contributed by atoms with E-state index in [0.29, 0.717) is 6.42 Å². The Bertz CT molecular complexity index is 553. The number of nitrogens with two attached hydrogens (primary N) is 1. The van der Waals surface area contributed by atoms with E-state index in [4.69, 9.17) is 5.73 Å². The molecule has 5 nitrogen and oxygen atoms in total. The average Bonchev–Trinajstić information content (AvgIpc) is 2.29. The lowest BCUT2D eigenvalue weighted by Crippen LogP contribution is -2.10. The molecule has 5 heteroatoms. The van der Waals surface area contributed by atoms with Crippen LogP contribution in [0.5, 0.6) is 0 Å². The van der Waals surface area contributed by atoms with E-state index in [9.17, 15) is 4.79 Å². The number of hydrogen-bond acceptors (Lipinski definition) is 4. The van der Waals surface area contributed by atoms with E-state index in [2.05, 4.69) is 15.3 Å². The lowest BCUT2D eigenvalue weighted by atomic mass is 10.2. The molecular formula is C12H14N4O. The second kappa shape index (κ2) is 4.78. The Balaban J connectivity index is 2.26. The zero-order valence-electron chi connectivity index (χ0n) is 9.60. The molecule has 0 saturated carbocycles. The highest BCUT2D eigenvalue weighted by Crippen LogP contribution is 2.17. The van der Waals surface area contributed by atoms with Crippen LogP contribution in [0.3, 0.4) is 0 Å². The summed E-state index contributed by atoms with van der Waals surface area (Å²) in [6.45, 7) is 1.97. The van der Waals surface area contributed by atoms with Crippen molar-refractivity contribution in [3.8, 4) is 0 Å². The Kier molecular flexibility index (Phi) is 3.18. The van der Waals surface area contributed by atoms with E-state index < -0.39 is 0 Å². The minimum atomic E-state index is 0.0169. The van der Waals surface area contributed by atoms with Crippen molar-refractivity contribution in [3.63, 3.8) is 0 Å². The number of fused-ring (bicyclic) bond motifs is 1. The van der Waals surface area contributed by atoms with Crippen LogP contribution in [0.1, 0.15) is 19.8 Å². The maximum Gasteiger partial charge on any atom is 0.224 e. The molecule has 2 rings (SSSR count). The lowest BCUT2D eigenvalue weighted by Gasteiger charge is -2.05. The first kappa shape index (κ1) is 11.3. The third kappa shape index (κ3) is 2.69. The van der Waals surface area contributed by atoms with Crippen molar-refractivity contribution in [3.05, 3.63) is 24.4 Å². The number of anilines is 2. The van der Waals surface area contributed by atoms with Crippen LogP contribution < -0.4 is 11.1 Å². The molecular weight excluding hydrogens is 216 g/mol. The number of nitrogens with one attached hydrogen (secondary N) is 1. The van der Waals surface area contributed by atoms with Gasteiger partial charge >= 0.3 is 0 Å². The Labute approximate surface area is 99.1 Å². The van der Waals surface area contributed by atoms with Crippen molar-refractivity contribution in [1.82, 2.24) is 9.97 Å². The first-order valence-corrected chi connectivity index (χ1v) is 5.51. The van der Waals surface area contributed by atoms with E-state index in [1.165, 1.54) is 0 Å². The van der Waals surface area contributed by atoms with Crippen LogP contribution in [0.4, 0.5) is 11.6 Å². The molecule has 0 aliphatic carbocycles. The van der Waals surface area contributed by atoms with Crippen molar-refractivity contribution < 1.29 is 4.79 Å².